The summed E-state index contributed by atoms with van der Waals surface area (Å²) in [5, 5.41) is 6.36. The number of Topliss-reactive ketones (excluding diaryl/α,β-unsaturated/α-hetero) is 1. The Hall–Kier alpha value is -2.55. The van der Waals surface area contributed by atoms with Crippen LogP contribution in [0.15, 0.2) is 30.3 Å². The Morgan fingerprint density at radius 1 is 1.06 bits per heavy atom. The van der Waals surface area contributed by atoms with Gasteiger partial charge >= 0.3 is 12.2 Å². The van der Waals surface area contributed by atoms with Crippen LogP contribution in [0.25, 0.3) is 0 Å². The highest BCUT2D eigenvalue weighted by atomic mass is 32.2. The van der Waals surface area contributed by atoms with Crippen molar-refractivity contribution in [2.45, 2.75) is 58.3 Å². The van der Waals surface area contributed by atoms with Gasteiger partial charge in [-0.1, -0.05) is 30.3 Å². The second-order valence-electron chi connectivity index (χ2n) is 8.51. The molecule has 174 valence electrons. The lowest BCUT2D eigenvalue weighted by atomic mass is 10.1. The van der Waals surface area contributed by atoms with Crippen LogP contribution in [-0.2, 0) is 30.4 Å². The highest BCUT2D eigenvalue weighted by Crippen LogP contribution is 2.07. The number of alkyl carbamates (subject to hydrolysis) is 2. The second kappa shape index (κ2) is 12.3. The third kappa shape index (κ3) is 13.4. The van der Waals surface area contributed by atoms with E-state index in [0.29, 0.717) is 25.8 Å². The second-order valence-corrected chi connectivity index (χ2v) is 11.4. The maximum atomic E-state index is 12.5. The summed E-state index contributed by atoms with van der Waals surface area (Å²) in [7, 11) is -2.41. The highest BCUT2D eigenvalue weighted by Gasteiger charge is 2.21. The van der Waals surface area contributed by atoms with E-state index in [9.17, 15) is 18.6 Å². The number of rotatable bonds is 10. The number of hydrogen-bond acceptors (Lipinski definition) is 6. The fourth-order valence-corrected chi connectivity index (χ4v) is 3.26. The highest BCUT2D eigenvalue weighted by molar-refractivity contribution is 8.01. The summed E-state index contributed by atoms with van der Waals surface area (Å²) in [6.07, 6.45) is 3.14. The number of unbranched alkanes of at least 4 members (excludes halogenated alkanes) is 1. The molecule has 0 saturated carbocycles. The number of amides is 2. The Morgan fingerprint density at radius 3 is 2.29 bits per heavy atom. The molecule has 9 heteroatoms. The molecule has 1 rings (SSSR count). The molecule has 0 bridgehead atoms. The van der Waals surface area contributed by atoms with Crippen molar-refractivity contribution in [2.24, 2.45) is 0 Å². The summed E-state index contributed by atoms with van der Waals surface area (Å²) >= 11 is 0. The van der Waals surface area contributed by atoms with Crippen LogP contribution in [-0.4, -0.2) is 58.2 Å². The number of ether oxygens (including phenoxy) is 2. The van der Waals surface area contributed by atoms with Crippen LogP contribution < -0.4 is 10.6 Å². The van der Waals surface area contributed by atoms with Gasteiger partial charge in [0.25, 0.3) is 0 Å². The van der Waals surface area contributed by atoms with Crippen LogP contribution in [0, 0.1) is 0 Å². The molecule has 2 amide bonds. The zero-order valence-corrected chi connectivity index (χ0v) is 19.8. The van der Waals surface area contributed by atoms with Crippen molar-refractivity contribution in [3.05, 3.63) is 35.9 Å². The summed E-state index contributed by atoms with van der Waals surface area (Å²) in [4.78, 5) is 36.3. The molecule has 0 spiro atoms. The summed E-state index contributed by atoms with van der Waals surface area (Å²) in [5.74, 6) is -0.424. The molecule has 0 radical (unpaired) electrons. The van der Waals surface area contributed by atoms with Crippen molar-refractivity contribution in [1.82, 2.24) is 10.6 Å². The van der Waals surface area contributed by atoms with Crippen molar-refractivity contribution in [3.8, 4) is 0 Å². The standard InChI is InChI=1S/C22H34N2O6S/c1-22(2,3)30-20(26)23-14-10-9-13-18(19(25)16-31(4,5)28)24-21(27)29-15-17-11-7-6-8-12-17/h6-8,11-12,16,18H,9-10,13-15H2,1-5H3,(H,23,26)(H,24,27)/t18-/m0/s1. The number of carbonyl (C=O) groups is 3. The van der Waals surface area contributed by atoms with Gasteiger partial charge in [-0.2, -0.15) is 0 Å². The Labute approximate surface area is 185 Å². The monoisotopic (exact) mass is 454 g/mol. The molecule has 0 aliphatic carbocycles. The van der Waals surface area contributed by atoms with E-state index in [0.717, 1.165) is 10.9 Å². The quantitative estimate of drug-likeness (QED) is 0.415. The zero-order chi connectivity index (χ0) is 23.5. The molecule has 0 aromatic heterocycles. The number of nitrogens with one attached hydrogen (secondary N) is 2. The molecular weight excluding hydrogens is 420 g/mol. The van der Waals surface area contributed by atoms with Gasteiger partial charge in [-0.3, -0.25) is 9.00 Å². The van der Waals surface area contributed by atoms with E-state index >= 15 is 0 Å². The topological polar surface area (TPSA) is 111 Å². The van der Waals surface area contributed by atoms with Gasteiger partial charge in [0.2, 0.25) is 0 Å². The molecule has 0 unspecified atom stereocenters. The van der Waals surface area contributed by atoms with Crippen molar-refractivity contribution in [3.63, 3.8) is 0 Å². The molecule has 1 atom stereocenters. The summed E-state index contributed by atoms with van der Waals surface area (Å²) in [6, 6.07) is 8.32. The largest absolute Gasteiger partial charge is 0.445 e. The first kappa shape index (κ1) is 26.5. The summed E-state index contributed by atoms with van der Waals surface area (Å²) in [5.41, 5.74) is 0.250. The van der Waals surface area contributed by atoms with E-state index in [2.05, 4.69) is 10.6 Å². The van der Waals surface area contributed by atoms with Gasteiger partial charge in [-0.15, -0.1) is 0 Å². The Kier molecular flexibility index (Phi) is 10.5. The van der Waals surface area contributed by atoms with Gasteiger partial charge in [0.05, 0.1) is 6.04 Å². The van der Waals surface area contributed by atoms with Gasteiger partial charge in [-0.05, 0) is 55.1 Å². The van der Waals surface area contributed by atoms with E-state index in [1.54, 1.807) is 20.8 Å². The molecule has 0 saturated heterocycles. The van der Waals surface area contributed by atoms with Crippen molar-refractivity contribution in [1.29, 1.82) is 0 Å². The molecule has 31 heavy (non-hydrogen) atoms. The van der Waals surface area contributed by atoms with Gasteiger partial charge in [-0.25, -0.2) is 9.59 Å². The average molecular weight is 455 g/mol. The lowest BCUT2D eigenvalue weighted by molar-refractivity contribution is -0.114. The van der Waals surface area contributed by atoms with Crippen LogP contribution >= 0.6 is 0 Å². The van der Waals surface area contributed by atoms with Crippen molar-refractivity contribution in [2.75, 3.05) is 19.1 Å². The molecular formula is C22H34N2O6S. The van der Waals surface area contributed by atoms with Gasteiger partial charge in [0.15, 0.2) is 5.78 Å². The number of carbonyl (C=O) groups excluding carboxylic acids is 3. The molecule has 2 N–H and O–H groups in total. The Morgan fingerprint density at radius 2 is 1.71 bits per heavy atom. The third-order valence-corrected chi connectivity index (χ3v) is 4.64. The van der Waals surface area contributed by atoms with E-state index in [1.165, 1.54) is 12.5 Å². The van der Waals surface area contributed by atoms with E-state index < -0.39 is 39.1 Å². The van der Waals surface area contributed by atoms with E-state index in [4.69, 9.17) is 9.47 Å². The average Bonchev–Trinajstić information content (AvgIpc) is 2.63. The van der Waals surface area contributed by atoms with E-state index in [1.807, 2.05) is 30.3 Å². The molecule has 1 aromatic carbocycles. The Balaban J connectivity index is 2.56. The molecule has 0 fully saturated rings. The van der Waals surface area contributed by atoms with Crippen LogP contribution in [0.5, 0.6) is 0 Å². The van der Waals surface area contributed by atoms with Crippen LogP contribution in [0.4, 0.5) is 9.59 Å². The third-order valence-electron chi connectivity index (χ3n) is 3.84. The lowest BCUT2D eigenvalue weighted by Crippen LogP contribution is -2.42. The predicted octanol–water partition coefficient (Wildman–Crippen LogP) is 2.89. The predicted molar refractivity (Wildman–Crippen MR) is 123 cm³/mol. The first-order chi connectivity index (χ1) is 14.4. The van der Waals surface area contributed by atoms with Crippen LogP contribution in [0.3, 0.4) is 0 Å². The minimum absolute atomic E-state index is 0.0788. The van der Waals surface area contributed by atoms with Gasteiger partial charge < -0.3 is 20.1 Å². The fraction of sp³-hybridized carbons (Fsp3) is 0.545. The summed E-state index contributed by atoms with van der Waals surface area (Å²) < 4.78 is 22.3. The van der Waals surface area contributed by atoms with Gasteiger partial charge in [0.1, 0.15) is 12.2 Å². The molecule has 0 heterocycles. The number of hydrogen-bond donors (Lipinski definition) is 2. The first-order valence-corrected chi connectivity index (χ1v) is 12.6. The van der Waals surface area contributed by atoms with Crippen molar-refractivity contribution >= 4 is 32.9 Å². The lowest BCUT2D eigenvalue weighted by Gasteiger charge is -2.20. The minimum Gasteiger partial charge on any atom is -0.445 e. The molecule has 8 nitrogen and oxygen atoms in total. The molecule has 0 aliphatic rings. The molecule has 1 aromatic rings. The fourth-order valence-electron chi connectivity index (χ4n) is 2.53. The summed E-state index contributed by atoms with van der Waals surface area (Å²) in [6.45, 7) is 5.79. The smallest absolute Gasteiger partial charge is 0.408 e. The SMILES string of the molecule is CC(C)(C)OC(=O)NCCCC[C@H](NC(=O)OCc1ccccc1)C(=O)C=S(C)(C)=O. The van der Waals surface area contributed by atoms with E-state index in [-0.39, 0.29) is 6.61 Å². The normalized spacial score (nSPS) is 12.4. The maximum absolute atomic E-state index is 12.5. The van der Waals surface area contributed by atoms with Crippen LogP contribution in [0.1, 0.15) is 45.6 Å². The Bertz CT molecular complexity index is 847. The van der Waals surface area contributed by atoms with Gasteiger partial charge in [0, 0.05) is 24.4 Å². The zero-order valence-electron chi connectivity index (χ0n) is 18.9. The minimum atomic E-state index is -2.41. The van der Waals surface area contributed by atoms with Crippen molar-refractivity contribution < 1.29 is 28.1 Å². The maximum Gasteiger partial charge on any atom is 0.408 e. The number of benzene rings is 1. The number of ketones is 1. The first-order valence-electron chi connectivity index (χ1n) is 10.1. The van der Waals surface area contributed by atoms with Crippen LogP contribution in [0.2, 0.25) is 0 Å². The molecule has 0 aliphatic heterocycles.